The lowest BCUT2D eigenvalue weighted by atomic mass is 9.84. The molecule has 0 saturated heterocycles. The van der Waals surface area contributed by atoms with Crippen LogP contribution in [0.25, 0.3) is 0 Å². The Morgan fingerprint density at radius 3 is 2.47 bits per heavy atom. The predicted molar refractivity (Wildman–Crippen MR) is 60.9 cm³/mol. The Bertz CT molecular complexity index is 222. The Labute approximate surface area is 92.5 Å². The molecule has 0 unspecified atom stereocenters. The third-order valence-corrected chi connectivity index (χ3v) is 3.49. The molecule has 88 valence electrons. The number of nitrogens with zero attached hydrogens (tertiary/aromatic N) is 1. The summed E-state index contributed by atoms with van der Waals surface area (Å²) in [6.45, 7) is 5.62. The largest absolute Gasteiger partial charge is 0.481 e. The molecule has 1 N–H and O–H groups in total. The first-order valence-corrected chi connectivity index (χ1v) is 5.84. The molecule has 1 fully saturated rings. The van der Waals surface area contributed by atoms with Crippen molar-refractivity contribution in [1.82, 2.24) is 4.90 Å². The van der Waals surface area contributed by atoms with E-state index in [1.165, 1.54) is 19.3 Å². The Morgan fingerprint density at radius 1 is 1.47 bits per heavy atom. The lowest BCUT2D eigenvalue weighted by Crippen LogP contribution is -2.34. The Balaban J connectivity index is 2.20. The highest BCUT2D eigenvalue weighted by Crippen LogP contribution is 2.27. The fraction of sp³-hybridized carbons (Fsp3) is 0.917. The van der Waals surface area contributed by atoms with Gasteiger partial charge in [0.1, 0.15) is 0 Å². The van der Waals surface area contributed by atoms with Gasteiger partial charge >= 0.3 is 5.97 Å². The van der Waals surface area contributed by atoms with Crippen LogP contribution in [0.1, 0.15) is 39.5 Å². The number of hydrogen-bond acceptors (Lipinski definition) is 2. The fourth-order valence-electron chi connectivity index (χ4n) is 1.78. The molecule has 3 nitrogen and oxygen atoms in total. The van der Waals surface area contributed by atoms with Gasteiger partial charge in [-0.3, -0.25) is 4.79 Å². The molecule has 0 aromatic rings. The molecule has 0 spiro atoms. The van der Waals surface area contributed by atoms with Crippen LogP contribution in [0, 0.1) is 11.3 Å². The van der Waals surface area contributed by atoms with E-state index in [-0.39, 0.29) is 0 Å². The van der Waals surface area contributed by atoms with Gasteiger partial charge in [-0.25, -0.2) is 0 Å². The second kappa shape index (κ2) is 4.97. The molecule has 0 aliphatic heterocycles. The van der Waals surface area contributed by atoms with Crippen LogP contribution >= 0.6 is 0 Å². The smallest absolute Gasteiger partial charge is 0.309 e. The number of rotatable bonds is 6. The third kappa shape index (κ3) is 3.82. The van der Waals surface area contributed by atoms with Gasteiger partial charge in [-0.05, 0) is 52.6 Å². The number of carbonyl (C=O) groups is 1. The molecule has 1 rings (SSSR count). The average molecular weight is 213 g/mol. The Hall–Kier alpha value is -0.570. The molecule has 0 aromatic carbocycles. The first kappa shape index (κ1) is 12.5. The molecule has 0 amide bonds. The summed E-state index contributed by atoms with van der Waals surface area (Å²) in [6, 6.07) is 0. The zero-order chi connectivity index (χ0) is 11.5. The molecule has 3 heteroatoms. The fourth-order valence-corrected chi connectivity index (χ4v) is 1.78. The summed E-state index contributed by atoms with van der Waals surface area (Å²) in [5, 5.41) is 8.97. The monoisotopic (exact) mass is 213 g/mol. The molecule has 0 radical (unpaired) electrons. The summed E-state index contributed by atoms with van der Waals surface area (Å²) in [5.41, 5.74) is -0.589. The van der Waals surface area contributed by atoms with Crippen molar-refractivity contribution in [2.45, 2.75) is 39.5 Å². The SMILES string of the molecule is CN(CCC(C)(C)C(=O)O)CC1CCC1. The molecule has 0 bridgehead atoms. The maximum Gasteiger partial charge on any atom is 0.309 e. The molecule has 1 aliphatic carbocycles. The van der Waals surface area contributed by atoms with Crippen LogP contribution in [0.5, 0.6) is 0 Å². The van der Waals surface area contributed by atoms with Gasteiger partial charge in [-0.15, -0.1) is 0 Å². The maximum atomic E-state index is 10.9. The second-order valence-corrected chi connectivity index (χ2v) is 5.50. The Morgan fingerprint density at radius 2 is 2.07 bits per heavy atom. The van der Waals surface area contributed by atoms with Gasteiger partial charge in [0.25, 0.3) is 0 Å². The van der Waals surface area contributed by atoms with Crippen molar-refractivity contribution in [1.29, 1.82) is 0 Å². The van der Waals surface area contributed by atoms with E-state index in [0.717, 1.165) is 25.4 Å². The van der Waals surface area contributed by atoms with Gasteiger partial charge in [0.15, 0.2) is 0 Å². The Kier molecular flexibility index (Phi) is 4.14. The van der Waals surface area contributed by atoms with Crippen molar-refractivity contribution in [2.75, 3.05) is 20.1 Å². The maximum absolute atomic E-state index is 10.9. The highest BCUT2D eigenvalue weighted by molar-refractivity contribution is 5.73. The van der Waals surface area contributed by atoms with Crippen LogP contribution in [0.2, 0.25) is 0 Å². The van der Waals surface area contributed by atoms with E-state index in [0.29, 0.717) is 0 Å². The summed E-state index contributed by atoms with van der Waals surface area (Å²) >= 11 is 0. The van der Waals surface area contributed by atoms with Crippen molar-refractivity contribution in [2.24, 2.45) is 11.3 Å². The van der Waals surface area contributed by atoms with Crippen LogP contribution in [-0.4, -0.2) is 36.1 Å². The van der Waals surface area contributed by atoms with Crippen molar-refractivity contribution < 1.29 is 9.90 Å². The van der Waals surface area contributed by atoms with E-state index in [1.807, 2.05) is 0 Å². The number of hydrogen-bond donors (Lipinski definition) is 1. The van der Waals surface area contributed by atoms with Crippen LogP contribution in [0.4, 0.5) is 0 Å². The van der Waals surface area contributed by atoms with E-state index in [2.05, 4.69) is 11.9 Å². The molecule has 0 heterocycles. The minimum Gasteiger partial charge on any atom is -0.481 e. The molecule has 0 aromatic heterocycles. The number of carboxylic acid groups (broad SMARTS) is 1. The first-order chi connectivity index (χ1) is 6.92. The summed E-state index contributed by atoms with van der Waals surface area (Å²) in [5.74, 6) is 0.169. The number of aliphatic carboxylic acids is 1. The number of carboxylic acids is 1. The summed E-state index contributed by atoms with van der Waals surface area (Å²) < 4.78 is 0. The minimum absolute atomic E-state index is 0.589. The standard InChI is InChI=1S/C12H23NO2/c1-12(2,11(14)15)7-8-13(3)9-10-5-4-6-10/h10H,4-9H2,1-3H3,(H,14,15). The zero-order valence-corrected chi connectivity index (χ0v) is 10.1. The van der Waals surface area contributed by atoms with Gasteiger partial charge in [-0.2, -0.15) is 0 Å². The normalized spacial score (nSPS) is 17.9. The topological polar surface area (TPSA) is 40.5 Å². The van der Waals surface area contributed by atoms with Crippen molar-refractivity contribution in [3.63, 3.8) is 0 Å². The third-order valence-electron chi connectivity index (χ3n) is 3.49. The van der Waals surface area contributed by atoms with E-state index >= 15 is 0 Å². The zero-order valence-electron chi connectivity index (χ0n) is 10.1. The van der Waals surface area contributed by atoms with Crippen molar-refractivity contribution >= 4 is 5.97 Å². The van der Waals surface area contributed by atoms with Gasteiger partial charge in [0.05, 0.1) is 5.41 Å². The van der Waals surface area contributed by atoms with Crippen LogP contribution in [0.15, 0.2) is 0 Å². The summed E-state index contributed by atoms with van der Waals surface area (Å²) in [4.78, 5) is 13.2. The van der Waals surface area contributed by atoms with Crippen molar-refractivity contribution in [3.8, 4) is 0 Å². The van der Waals surface area contributed by atoms with E-state index in [9.17, 15) is 4.79 Å². The lowest BCUT2D eigenvalue weighted by molar-refractivity contribution is -0.147. The van der Waals surface area contributed by atoms with Crippen LogP contribution in [0.3, 0.4) is 0 Å². The molecule has 0 atom stereocenters. The highest BCUT2D eigenvalue weighted by atomic mass is 16.4. The summed E-state index contributed by atoms with van der Waals surface area (Å²) in [7, 11) is 2.09. The predicted octanol–water partition coefficient (Wildman–Crippen LogP) is 2.22. The van der Waals surface area contributed by atoms with E-state index in [4.69, 9.17) is 5.11 Å². The van der Waals surface area contributed by atoms with Gasteiger partial charge < -0.3 is 10.0 Å². The van der Waals surface area contributed by atoms with E-state index in [1.54, 1.807) is 13.8 Å². The quantitative estimate of drug-likeness (QED) is 0.735. The minimum atomic E-state index is -0.695. The first-order valence-electron chi connectivity index (χ1n) is 5.84. The van der Waals surface area contributed by atoms with Crippen molar-refractivity contribution in [3.05, 3.63) is 0 Å². The van der Waals surface area contributed by atoms with Crippen LogP contribution in [-0.2, 0) is 4.79 Å². The van der Waals surface area contributed by atoms with Gasteiger partial charge in [0, 0.05) is 6.54 Å². The highest BCUT2D eigenvalue weighted by Gasteiger charge is 2.27. The molecule has 1 saturated carbocycles. The van der Waals surface area contributed by atoms with Gasteiger partial charge in [-0.1, -0.05) is 6.42 Å². The van der Waals surface area contributed by atoms with E-state index < -0.39 is 11.4 Å². The average Bonchev–Trinajstić information content (AvgIpc) is 2.08. The molecular formula is C12H23NO2. The lowest BCUT2D eigenvalue weighted by Gasteiger charge is -2.31. The molecule has 15 heavy (non-hydrogen) atoms. The molecular weight excluding hydrogens is 190 g/mol. The summed E-state index contributed by atoms with van der Waals surface area (Å²) in [6.07, 6.45) is 4.81. The molecule has 1 aliphatic rings. The second-order valence-electron chi connectivity index (χ2n) is 5.50. The van der Waals surface area contributed by atoms with Crippen LogP contribution < -0.4 is 0 Å². The van der Waals surface area contributed by atoms with Gasteiger partial charge in [0.2, 0.25) is 0 Å².